The minimum absolute atomic E-state index is 0.0590. The Balaban J connectivity index is 1.93. The highest BCUT2D eigenvalue weighted by atomic mass is 32.2. The first-order valence-electron chi connectivity index (χ1n) is 7.89. The summed E-state index contributed by atoms with van der Waals surface area (Å²) < 4.78 is 29.6. The van der Waals surface area contributed by atoms with Crippen LogP contribution in [0.4, 0.5) is 11.7 Å². The molecule has 0 saturated heterocycles. The Kier molecular flexibility index (Phi) is 4.32. The Morgan fingerprint density at radius 1 is 1.17 bits per heavy atom. The second kappa shape index (κ2) is 6.28. The summed E-state index contributed by atoms with van der Waals surface area (Å²) in [6.45, 7) is 5.89. The van der Waals surface area contributed by atoms with Crippen LogP contribution in [-0.4, -0.2) is 19.2 Å². The van der Waals surface area contributed by atoms with E-state index in [1.807, 2.05) is 18.2 Å². The molecular weight excluding hydrogens is 324 g/mol. The van der Waals surface area contributed by atoms with Crippen molar-refractivity contribution >= 4 is 32.6 Å². The fourth-order valence-electron chi connectivity index (χ4n) is 2.42. The van der Waals surface area contributed by atoms with Crippen LogP contribution in [0.1, 0.15) is 32.3 Å². The molecule has 1 N–H and O–H groups in total. The first kappa shape index (κ1) is 16.5. The molecule has 0 radical (unpaired) electrons. The molecule has 0 aliphatic rings. The van der Waals surface area contributed by atoms with E-state index in [-0.39, 0.29) is 10.6 Å². The van der Waals surface area contributed by atoms with Crippen LogP contribution >= 0.6 is 0 Å². The lowest BCUT2D eigenvalue weighted by molar-refractivity contribution is 0.597. The van der Waals surface area contributed by atoms with E-state index in [1.54, 1.807) is 25.1 Å². The van der Waals surface area contributed by atoms with Crippen molar-refractivity contribution in [3.8, 4) is 0 Å². The predicted molar refractivity (Wildman–Crippen MR) is 95.5 cm³/mol. The van der Waals surface area contributed by atoms with Crippen molar-refractivity contribution in [2.75, 3.05) is 11.1 Å². The highest BCUT2D eigenvalue weighted by molar-refractivity contribution is 7.91. The Morgan fingerprint density at radius 3 is 2.67 bits per heavy atom. The van der Waals surface area contributed by atoms with Gasteiger partial charge in [-0.2, -0.15) is 4.98 Å². The molecule has 0 amide bonds. The summed E-state index contributed by atoms with van der Waals surface area (Å²) in [7, 11) is -3.26. The summed E-state index contributed by atoms with van der Waals surface area (Å²) in [6.07, 6.45) is 0. The third-order valence-electron chi connectivity index (χ3n) is 3.90. The Labute approximate surface area is 141 Å². The Morgan fingerprint density at radius 2 is 1.96 bits per heavy atom. The summed E-state index contributed by atoms with van der Waals surface area (Å²) in [6, 6.07) is 13.1. The minimum atomic E-state index is -3.26. The summed E-state index contributed by atoms with van der Waals surface area (Å²) in [5, 5.41) is 3.13. The lowest BCUT2D eigenvalue weighted by atomic mass is 10.0. The van der Waals surface area contributed by atoms with Crippen molar-refractivity contribution in [3.05, 3.63) is 48.0 Å². The van der Waals surface area contributed by atoms with E-state index in [1.165, 1.54) is 5.56 Å². The molecule has 0 spiro atoms. The topological polar surface area (TPSA) is 72.2 Å². The quantitative estimate of drug-likeness (QED) is 0.738. The summed E-state index contributed by atoms with van der Waals surface area (Å²) in [4.78, 5) is 4.61. The molecular formula is C18H20N2O3S. The standard InChI is InChI=1S/C18H20N2O3S/c1-4-24(21,22)15-8-9-17-16(11-15)20-18(23-17)19-14-7-5-6-13(10-14)12(2)3/h5-12H,4H2,1-3H3,(H,19,20). The van der Waals surface area contributed by atoms with Crippen LogP contribution in [0.5, 0.6) is 0 Å². The van der Waals surface area contributed by atoms with Crippen LogP contribution in [0, 0.1) is 0 Å². The molecule has 6 heteroatoms. The molecule has 3 aromatic rings. The normalized spacial score (nSPS) is 12.0. The molecule has 0 fully saturated rings. The van der Waals surface area contributed by atoms with Gasteiger partial charge in [0.05, 0.1) is 10.6 Å². The van der Waals surface area contributed by atoms with Crippen molar-refractivity contribution in [2.45, 2.75) is 31.6 Å². The first-order valence-corrected chi connectivity index (χ1v) is 9.54. The maximum atomic E-state index is 12.0. The molecule has 1 aromatic heterocycles. The zero-order chi connectivity index (χ0) is 17.3. The van der Waals surface area contributed by atoms with Crippen LogP contribution < -0.4 is 5.32 Å². The molecule has 24 heavy (non-hydrogen) atoms. The lowest BCUT2D eigenvalue weighted by Gasteiger charge is -2.07. The van der Waals surface area contributed by atoms with E-state index in [9.17, 15) is 8.42 Å². The van der Waals surface area contributed by atoms with Gasteiger partial charge in [-0.3, -0.25) is 0 Å². The zero-order valence-electron chi connectivity index (χ0n) is 13.9. The van der Waals surface area contributed by atoms with Crippen molar-refractivity contribution in [1.82, 2.24) is 4.98 Å². The molecule has 0 bridgehead atoms. The van der Waals surface area contributed by atoms with E-state index < -0.39 is 9.84 Å². The average Bonchev–Trinajstić information content (AvgIpc) is 2.96. The van der Waals surface area contributed by atoms with Gasteiger partial charge in [0.25, 0.3) is 6.01 Å². The molecule has 1 heterocycles. The summed E-state index contributed by atoms with van der Waals surface area (Å²) in [5.74, 6) is 0.487. The number of oxazole rings is 1. The monoisotopic (exact) mass is 344 g/mol. The van der Waals surface area contributed by atoms with Crippen molar-refractivity contribution in [3.63, 3.8) is 0 Å². The first-order chi connectivity index (χ1) is 11.4. The van der Waals surface area contributed by atoms with Gasteiger partial charge in [-0.05, 0) is 41.8 Å². The zero-order valence-corrected chi connectivity index (χ0v) is 14.7. The summed E-state index contributed by atoms with van der Waals surface area (Å²) >= 11 is 0. The van der Waals surface area contributed by atoms with Crippen molar-refractivity contribution in [2.24, 2.45) is 0 Å². The van der Waals surface area contributed by atoms with Crippen LogP contribution in [0.2, 0.25) is 0 Å². The van der Waals surface area contributed by atoms with E-state index in [2.05, 4.69) is 30.2 Å². The van der Waals surface area contributed by atoms with Gasteiger partial charge in [0.1, 0.15) is 5.52 Å². The summed E-state index contributed by atoms with van der Waals surface area (Å²) in [5.41, 5.74) is 3.17. The number of nitrogens with one attached hydrogen (secondary N) is 1. The van der Waals surface area contributed by atoms with Gasteiger partial charge >= 0.3 is 0 Å². The third kappa shape index (κ3) is 3.28. The fraction of sp³-hybridized carbons (Fsp3) is 0.278. The third-order valence-corrected chi connectivity index (χ3v) is 5.63. The number of aromatic nitrogens is 1. The molecule has 126 valence electrons. The van der Waals surface area contributed by atoms with Crippen molar-refractivity contribution < 1.29 is 12.8 Å². The molecule has 0 saturated carbocycles. The van der Waals surface area contributed by atoms with Gasteiger partial charge in [0.2, 0.25) is 0 Å². The lowest BCUT2D eigenvalue weighted by Crippen LogP contribution is -2.03. The van der Waals surface area contributed by atoms with Crippen LogP contribution in [-0.2, 0) is 9.84 Å². The maximum absolute atomic E-state index is 12.0. The van der Waals surface area contributed by atoms with E-state index in [4.69, 9.17) is 4.42 Å². The Bertz CT molecular complexity index is 975. The number of nitrogens with zero attached hydrogens (tertiary/aromatic N) is 1. The molecule has 0 atom stereocenters. The average molecular weight is 344 g/mol. The highest BCUT2D eigenvalue weighted by Gasteiger charge is 2.14. The molecule has 2 aromatic carbocycles. The van der Waals surface area contributed by atoms with E-state index >= 15 is 0 Å². The maximum Gasteiger partial charge on any atom is 0.300 e. The predicted octanol–water partition coefficient (Wildman–Crippen LogP) is 4.49. The largest absolute Gasteiger partial charge is 0.423 e. The highest BCUT2D eigenvalue weighted by Crippen LogP contribution is 2.26. The number of fused-ring (bicyclic) bond motifs is 1. The van der Waals surface area contributed by atoms with Crippen molar-refractivity contribution in [1.29, 1.82) is 0 Å². The second-order valence-electron chi connectivity index (χ2n) is 5.96. The fourth-order valence-corrected chi connectivity index (χ4v) is 3.32. The molecule has 5 nitrogen and oxygen atoms in total. The number of rotatable bonds is 5. The van der Waals surface area contributed by atoms with Gasteiger partial charge in [0, 0.05) is 5.69 Å². The van der Waals surface area contributed by atoms with Crippen LogP contribution in [0.15, 0.2) is 51.8 Å². The number of hydrogen-bond acceptors (Lipinski definition) is 5. The number of sulfone groups is 1. The molecule has 3 rings (SSSR count). The number of hydrogen-bond donors (Lipinski definition) is 1. The van der Waals surface area contributed by atoms with Gasteiger partial charge in [-0.1, -0.05) is 32.9 Å². The number of benzene rings is 2. The van der Waals surface area contributed by atoms with Gasteiger partial charge < -0.3 is 9.73 Å². The molecule has 0 unspecified atom stereocenters. The smallest absolute Gasteiger partial charge is 0.300 e. The second-order valence-corrected chi connectivity index (χ2v) is 8.24. The molecule has 0 aliphatic heterocycles. The molecule has 0 aliphatic carbocycles. The minimum Gasteiger partial charge on any atom is -0.423 e. The van der Waals surface area contributed by atoms with Gasteiger partial charge in [-0.15, -0.1) is 0 Å². The van der Waals surface area contributed by atoms with Gasteiger partial charge in [-0.25, -0.2) is 8.42 Å². The number of anilines is 2. The van der Waals surface area contributed by atoms with Crippen LogP contribution in [0.3, 0.4) is 0 Å². The Hall–Kier alpha value is -2.34. The van der Waals surface area contributed by atoms with E-state index in [0.717, 1.165) is 5.69 Å². The van der Waals surface area contributed by atoms with Crippen LogP contribution in [0.25, 0.3) is 11.1 Å². The van der Waals surface area contributed by atoms with Gasteiger partial charge in [0.15, 0.2) is 15.4 Å². The SMILES string of the molecule is CCS(=O)(=O)c1ccc2oc(Nc3cccc(C(C)C)c3)nc2c1. The van der Waals surface area contributed by atoms with E-state index in [0.29, 0.717) is 23.0 Å².